The molecule has 1 atom stereocenters. The lowest BCUT2D eigenvalue weighted by molar-refractivity contribution is -0.198. The molecule has 0 spiro atoms. The summed E-state index contributed by atoms with van der Waals surface area (Å²) in [6, 6.07) is 23.1. The van der Waals surface area contributed by atoms with Crippen molar-refractivity contribution in [2.45, 2.75) is 30.4 Å². The molecule has 38 heavy (non-hydrogen) atoms. The predicted molar refractivity (Wildman–Crippen MR) is 143 cm³/mol. The lowest BCUT2D eigenvalue weighted by Crippen LogP contribution is -2.32. The van der Waals surface area contributed by atoms with Gasteiger partial charge in [-0.15, -0.1) is 0 Å². The Hall–Kier alpha value is -4.05. The zero-order valence-electron chi connectivity index (χ0n) is 20.4. The maximum Gasteiger partial charge on any atom is 0.268 e. The van der Waals surface area contributed by atoms with E-state index in [1.807, 2.05) is 0 Å². The molecule has 1 aromatic heterocycles. The quantitative estimate of drug-likeness (QED) is 0.201. The van der Waals surface area contributed by atoms with Gasteiger partial charge in [0, 0.05) is 30.1 Å². The van der Waals surface area contributed by atoms with Gasteiger partial charge in [-0.2, -0.15) is 0 Å². The normalized spacial score (nSPS) is 16.1. The number of fused-ring (bicyclic) bond motifs is 1. The zero-order chi connectivity index (χ0) is 26.5. The van der Waals surface area contributed by atoms with Crippen LogP contribution in [0.3, 0.4) is 0 Å². The first kappa shape index (κ1) is 25.6. The Kier molecular flexibility index (Phi) is 7.50. The molecule has 0 radical (unpaired) electrons. The summed E-state index contributed by atoms with van der Waals surface area (Å²) in [5, 5.41) is 0.540. The number of ketones is 1. The van der Waals surface area contributed by atoms with Crippen LogP contribution in [0, 0.1) is 0 Å². The van der Waals surface area contributed by atoms with Crippen molar-refractivity contribution >= 4 is 38.7 Å². The molecule has 5 rings (SSSR count). The van der Waals surface area contributed by atoms with Gasteiger partial charge in [0.1, 0.15) is 5.69 Å². The third-order valence-corrected chi connectivity index (χ3v) is 7.93. The van der Waals surface area contributed by atoms with Crippen LogP contribution in [0.4, 0.5) is 0 Å². The molecule has 1 N–H and O–H groups in total. The standard InChI is InChI=1S/C29H26N2O6S/c32-27(30-37-28-13-7-8-18-36-28)17-15-21-14-16-25-23(19-21)20-26(29(33)22-9-3-1-4-10-22)31(25)38(34,35)24-11-5-2-6-12-24/h1-6,9-12,14-17,19-20,28H,7-8,13,18H2,(H,30,32)/b17-15+. The number of hydroxylamine groups is 1. The summed E-state index contributed by atoms with van der Waals surface area (Å²) in [6.45, 7) is 0.602. The average molecular weight is 531 g/mol. The molecule has 0 aliphatic carbocycles. The molecule has 1 aliphatic rings. The van der Waals surface area contributed by atoms with Crippen molar-refractivity contribution in [1.82, 2.24) is 9.45 Å². The Morgan fingerprint density at radius 3 is 2.39 bits per heavy atom. The van der Waals surface area contributed by atoms with Crippen LogP contribution >= 0.6 is 0 Å². The van der Waals surface area contributed by atoms with Crippen LogP contribution in [0.5, 0.6) is 0 Å². The van der Waals surface area contributed by atoms with Crippen LogP contribution in [-0.2, 0) is 24.4 Å². The Morgan fingerprint density at radius 1 is 0.947 bits per heavy atom. The number of aromatic nitrogens is 1. The summed E-state index contributed by atoms with van der Waals surface area (Å²) >= 11 is 0. The van der Waals surface area contributed by atoms with E-state index >= 15 is 0 Å². The van der Waals surface area contributed by atoms with Gasteiger partial charge in [0.15, 0.2) is 6.29 Å². The van der Waals surface area contributed by atoms with Crippen LogP contribution in [0.2, 0.25) is 0 Å². The first-order chi connectivity index (χ1) is 18.4. The molecule has 1 aliphatic heterocycles. The average Bonchev–Trinajstić information content (AvgIpc) is 3.36. The van der Waals surface area contributed by atoms with Gasteiger partial charge in [-0.25, -0.2) is 22.7 Å². The molecule has 1 amide bonds. The van der Waals surface area contributed by atoms with Crippen molar-refractivity contribution in [1.29, 1.82) is 0 Å². The Labute approximate surface area is 220 Å². The van der Waals surface area contributed by atoms with Gasteiger partial charge in [-0.1, -0.05) is 54.6 Å². The topological polar surface area (TPSA) is 104 Å². The minimum Gasteiger partial charge on any atom is -0.350 e. The maximum atomic E-state index is 13.7. The van der Waals surface area contributed by atoms with Gasteiger partial charge in [0.2, 0.25) is 5.78 Å². The number of hydrogen-bond acceptors (Lipinski definition) is 6. The van der Waals surface area contributed by atoms with E-state index in [-0.39, 0.29) is 10.6 Å². The number of amides is 1. The minimum atomic E-state index is -4.08. The molecule has 1 fully saturated rings. The van der Waals surface area contributed by atoms with Gasteiger partial charge in [-0.05, 0) is 54.8 Å². The smallest absolute Gasteiger partial charge is 0.268 e. The molecule has 4 aromatic rings. The molecular formula is C29H26N2O6S. The van der Waals surface area contributed by atoms with Gasteiger partial charge >= 0.3 is 0 Å². The predicted octanol–water partition coefficient (Wildman–Crippen LogP) is 4.70. The lowest BCUT2D eigenvalue weighted by atomic mass is 10.1. The first-order valence-corrected chi connectivity index (χ1v) is 13.7. The fourth-order valence-electron chi connectivity index (χ4n) is 4.30. The van der Waals surface area contributed by atoms with Crippen LogP contribution in [0.15, 0.2) is 95.9 Å². The van der Waals surface area contributed by atoms with Crippen molar-refractivity contribution in [3.8, 4) is 0 Å². The number of carbonyl (C=O) groups is 2. The number of rotatable bonds is 8. The Bertz CT molecular complexity index is 1590. The van der Waals surface area contributed by atoms with Crippen LogP contribution < -0.4 is 5.48 Å². The molecule has 2 heterocycles. The Morgan fingerprint density at radius 2 is 1.68 bits per heavy atom. The molecule has 1 unspecified atom stereocenters. The number of ether oxygens (including phenoxy) is 1. The molecule has 0 saturated carbocycles. The SMILES string of the molecule is O=C(/C=C/c1ccc2c(c1)cc(C(=O)c1ccccc1)n2S(=O)(=O)c1ccccc1)NOC1CCCCO1. The number of carbonyl (C=O) groups excluding carboxylic acids is 2. The third-order valence-electron chi connectivity index (χ3n) is 6.19. The number of nitrogens with one attached hydrogen (secondary N) is 1. The number of benzene rings is 3. The van der Waals surface area contributed by atoms with Gasteiger partial charge in [0.25, 0.3) is 15.9 Å². The summed E-state index contributed by atoms with van der Waals surface area (Å²) < 4.78 is 33.9. The number of hydrogen-bond donors (Lipinski definition) is 1. The van der Waals surface area contributed by atoms with E-state index in [2.05, 4.69) is 5.48 Å². The summed E-state index contributed by atoms with van der Waals surface area (Å²) in [4.78, 5) is 31.0. The highest BCUT2D eigenvalue weighted by Gasteiger charge is 2.27. The molecule has 194 valence electrons. The molecule has 1 saturated heterocycles. The van der Waals surface area contributed by atoms with E-state index in [0.29, 0.717) is 35.1 Å². The van der Waals surface area contributed by atoms with Crippen LogP contribution in [0.25, 0.3) is 17.0 Å². The fourth-order valence-corrected chi connectivity index (χ4v) is 5.83. The van der Waals surface area contributed by atoms with Crippen molar-refractivity contribution in [2.24, 2.45) is 0 Å². The molecule has 3 aromatic carbocycles. The molecule has 8 nitrogen and oxygen atoms in total. The first-order valence-electron chi connectivity index (χ1n) is 12.2. The van der Waals surface area contributed by atoms with Crippen molar-refractivity contribution < 1.29 is 27.6 Å². The summed E-state index contributed by atoms with van der Waals surface area (Å²) in [7, 11) is -4.08. The van der Waals surface area contributed by atoms with Gasteiger partial charge in [0.05, 0.1) is 10.4 Å². The second kappa shape index (κ2) is 11.1. The van der Waals surface area contributed by atoms with E-state index < -0.39 is 28.0 Å². The van der Waals surface area contributed by atoms with E-state index in [1.54, 1.807) is 78.9 Å². The highest BCUT2D eigenvalue weighted by Crippen LogP contribution is 2.28. The monoisotopic (exact) mass is 530 g/mol. The molecule has 0 bridgehead atoms. The summed E-state index contributed by atoms with van der Waals surface area (Å²) in [5.41, 5.74) is 3.76. The zero-order valence-corrected chi connectivity index (χ0v) is 21.3. The summed E-state index contributed by atoms with van der Waals surface area (Å²) in [6.07, 6.45) is 5.12. The van der Waals surface area contributed by atoms with E-state index in [1.165, 1.54) is 18.2 Å². The van der Waals surface area contributed by atoms with E-state index in [0.717, 1.165) is 16.8 Å². The molecular weight excluding hydrogens is 504 g/mol. The van der Waals surface area contributed by atoms with Gasteiger partial charge in [-0.3, -0.25) is 9.59 Å². The van der Waals surface area contributed by atoms with E-state index in [9.17, 15) is 18.0 Å². The summed E-state index contributed by atoms with van der Waals surface area (Å²) in [5.74, 6) is -0.872. The number of nitrogens with zero attached hydrogens (tertiary/aromatic N) is 1. The fraction of sp³-hybridized carbons (Fsp3) is 0.172. The highest BCUT2D eigenvalue weighted by molar-refractivity contribution is 7.90. The maximum absolute atomic E-state index is 13.7. The largest absolute Gasteiger partial charge is 0.350 e. The third kappa shape index (κ3) is 5.45. The van der Waals surface area contributed by atoms with Crippen molar-refractivity contribution in [3.63, 3.8) is 0 Å². The minimum absolute atomic E-state index is 0.0230. The van der Waals surface area contributed by atoms with Gasteiger partial charge < -0.3 is 4.74 Å². The van der Waals surface area contributed by atoms with E-state index in [4.69, 9.17) is 9.57 Å². The second-order valence-electron chi connectivity index (χ2n) is 8.84. The highest BCUT2D eigenvalue weighted by atomic mass is 32.2. The lowest BCUT2D eigenvalue weighted by Gasteiger charge is -2.21. The Balaban J connectivity index is 1.48. The van der Waals surface area contributed by atoms with Crippen molar-refractivity contribution in [2.75, 3.05) is 6.61 Å². The van der Waals surface area contributed by atoms with Crippen molar-refractivity contribution in [3.05, 3.63) is 108 Å². The van der Waals surface area contributed by atoms with Crippen LogP contribution in [-0.4, -0.2) is 37.0 Å². The second-order valence-corrected chi connectivity index (χ2v) is 10.6. The van der Waals surface area contributed by atoms with Crippen LogP contribution in [0.1, 0.15) is 40.9 Å². The molecule has 9 heteroatoms.